The van der Waals surface area contributed by atoms with Gasteiger partial charge >= 0.3 is 0 Å². The number of sulfonamides is 1. The maximum absolute atomic E-state index is 12.1. The second-order valence-electron chi connectivity index (χ2n) is 4.16. The number of amides is 1. The Kier molecular flexibility index (Phi) is 5.50. The predicted molar refractivity (Wildman–Crippen MR) is 74.3 cm³/mol. The average Bonchev–Trinajstić information content (AvgIpc) is 2.38. The Hall–Kier alpha value is -1.40. The SMILES string of the molecule is CCN(CC)C(=O)CNS(=O)(=O)c1ccccc1C. The molecule has 6 heteroatoms. The van der Waals surface area contributed by atoms with E-state index in [1.807, 2.05) is 13.8 Å². The van der Waals surface area contributed by atoms with Crippen LogP contribution < -0.4 is 4.72 Å². The van der Waals surface area contributed by atoms with Crippen molar-refractivity contribution in [3.63, 3.8) is 0 Å². The summed E-state index contributed by atoms with van der Waals surface area (Å²) in [6, 6.07) is 6.68. The van der Waals surface area contributed by atoms with Gasteiger partial charge in [0, 0.05) is 13.1 Å². The van der Waals surface area contributed by atoms with Crippen molar-refractivity contribution in [3.05, 3.63) is 29.8 Å². The Morgan fingerprint density at radius 3 is 2.32 bits per heavy atom. The highest BCUT2D eigenvalue weighted by Gasteiger charge is 2.18. The molecule has 1 N–H and O–H groups in total. The van der Waals surface area contributed by atoms with E-state index in [4.69, 9.17) is 0 Å². The van der Waals surface area contributed by atoms with Gasteiger partial charge in [-0.15, -0.1) is 0 Å². The standard InChI is InChI=1S/C13H20N2O3S/c1-4-15(5-2)13(16)10-14-19(17,18)12-9-7-6-8-11(12)3/h6-9,14H,4-5,10H2,1-3H3. The predicted octanol–water partition coefficient (Wildman–Crippen LogP) is 1.14. The van der Waals surface area contributed by atoms with Gasteiger partial charge in [0.05, 0.1) is 11.4 Å². The number of hydrogen-bond acceptors (Lipinski definition) is 3. The summed E-state index contributed by atoms with van der Waals surface area (Å²) in [5, 5.41) is 0. The van der Waals surface area contributed by atoms with E-state index in [0.717, 1.165) is 0 Å². The van der Waals surface area contributed by atoms with Gasteiger partial charge < -0.3 is 4.90 Å². The number of benzene rings is 1. The lowest BCUT2D eigenvalue weighted by atomic mass is 10.2. The number of rotatable bonds is 6. The molecular weight excluding hydrogens is 264 g/mol. The van der Waals surface area contributed by atoms with E-state index in [-0.39, 0.29) is 17.3 Å². The van der Waals surface area contributed by atoms with E-state index >= 15 is 0 Å². The van der Waals surface area contributed by atoms with E-state index in [9.17, 15) is 13.2 Å². The molecule has 0 radical (unpaired) electrons. The first-order chi connectivity index (χ1) is 8.92. The van der Waals surface area contributed by atoms with E-state index in [1.54, 1.807) is 30.0 Å². The summed E-state index contributed by atoms with van der Waals surface area (Å²) in [6.45, 7) is 6.37. The van der Waals surface area contributed by atoms with Crippen LogP contribution in [0.2, 0.25) is 0 Å². The lowest BCUT2D eigenvalue weighted by Gasteiger charge is -2.18. The number of nitrogens with one attached hydrogen (secondary N) is 1. The van der Waals surface area contributed by atoms with Crippen molar-refractivity contribution in [2.24, 2.45) is 0 Å². The minimum Gasteiger partial charge on any atom is -0.342 e. The summed E-state index contributed by atoms with van der Waals surface area (Å²) >= 11 is 0. The van der Waals surface area contributed by atoms with Gasteiger partial charge in [0.1, 0.15) is 0 Å². The Bertz CT molecular complexity index is 537. The third-order valence-corrected chi connectivity index (χ3v) is 4.47. The van der Waals surface area contributed by atoms with E-state index in [1.165, 1.54) is 6.07 Å². The molecule has 0 aliphatic carbocycles. The van der Waals surface area contributed by atoms with Crippen molar-refractivity contribution in [1.29, 1.82) is 0 Å². The fourth-order valence-corrected chi connectivity index (χ4v) is 3.00. The second-order valence-corrected chi connectivity index (χ2v) is 5.89. The number of likely N-dealkylation sites (N-methyl/N-ethyl adjacent to an activating group) is 1. The van der Waals surface area contributed by atoms with Crippen LogP contribution in [0.15, 0.2) is 29.2 Å². The summed E-state index contributed by atoms with van der Waals surface area (Å²) < 4.78 is 26.5. The van der Waals surface area contributed by atoms with Crippen LogP contribution in [0.4, 0.5) is 0 Å². The van der Waals surface area contributed by atoms with Gasteiger partial charge in [-0.25, -0.2) is 13.1 Å². The highest BCUT2D eigenvalue weighted by atomic mass is 32.2. The lowest BCUT2D eigenvalue weighted by Crippen LogP contribution is -2.40. The minimum absolute atomic E-state index is 0.210. The van der Waals surface area contributed by atoms with Crippen molar-refractivity contribution in [3.8, 4) is 0 Å². The molecule has 0 aliphatic rings. The molecule has 0 unspecified atom stereocenters. The van der Waals surface area contributed by atoms with Crippen molar-refractivity contribution in [2.45, 2.75) is 25.7 Å². The molecule has 0 heterocycles. The number of aryl methyl sites for hydroxylation is 1. The lowest BCUT2D eigenvalue weighted by molar-refractivity contribution is -0.129. The zero-order chi connectivity index (χ0) is 14.5. The molecule has 0 aromatic heterocycles. The first-order valence-electron chi connectivity index (χ1n) is 6.25. The van der Waals surface area contributed by atoms with Gasteiger partial charge in [-0.05, 0) is 32.4 Å². The Morgan fingerprint density at radius 1 is 1.21 bits per heavy atom. The van der Waals surface area contributed by atoms with Crippen LogP contribution in [0.5, 0.6) is 0 Å². The monoisotopic (exact) mass is 284 g/mol. The van der Waals surface area contributed by atoms with Crippen molar-refractivity contribution in [2.75, 3.05) is 19.6 Å². The number of hydrogen-bond donors (Lipinski definition) is 1. The molecular formula is C13H20N2O3S. The first-order valence-corrected chi connectivity index (χ1v) is 7.73. The molecule has 0 atom stereocenters. The Morgan fingerprint density at radius 2 is 1.79 bits per heavy atom. The van der Waals surface area contributed by atoms with Crippen LogP contribution in [0.1, 0.15) is 19.4 Å². The van der Waals surface area contributed by atoms with Gasteiger partial charge in [-0.3, -0.25) is 4.79 Å². The third kappa shape index (κ3) is 4.04. The van der Waals surface area contributed by atoms with Crippen LogP contribution in [0.25, 0.3) is 0 Å². The van der Waals surface area contributed by atoms with Gasteiger partial charge in [0.15, 0.2) is 0 Å². The summed E-state index contributed by atoms with van der Waals surface area (Å²) in [5.74, 6) is -0.220. The van der Waals surface area contributed by atoms with Crippen molar-refractivity contribution >= 4 is 15.9 Å². The molecule has 1 aromatic rings. The molecule has 106 valence electrons. The fourth-order valence-electron chi connectivity index (χ4n) is 1.78. The molecule has 0 spiro atoms. The van der Waals surface area contributed by atoms with Crippen LogP contribution in [-0.4, -0.2) is 38.9 Å². The molecule has 0 fully saturated rings. The highest BCUT2D eigenvalue weighted by molar-refractivity contribution is 7.89. The Balaban J connectivity index is 2.77. The second kappa shape index (κ2) is 6.68. The molecule has 5 nitrogen and oxygen atoms in total. The Labute approximate surface area is 114 Å². The third-order valence-electron chi connectivity index (χ3n) is 2.91. The minimum atomic E-state index is -3.63. The zero-order valence-corrected chi connectivity index (χ0v) is 12.3. The largest absolute Gasteiger partial charge is 0.342 e. The van der Waals surface area contributed by atoms with Crippen LogP contribution >= 0.6 is 0 Å². The van der Waals surface area contributed by atoms with Crippen molar-refractivity contribution < 1.29 is 13.2 Å². The van der Waals surface area contributed by atoms with E-state index in [0.29, 0.717) is 18.7 Å². The molecule has 1 rings (SSSR count). The smallest absolute Gasteiger partial charge is 0.241 e. The summed E-state index contributed by atoms with van der Waals surface area (Å²) in [6.07, 6.45) is 0. The van der Waals surface area contributed by atoms with Crippen LogP contribution in [0.3, 0.4) is 0 Å². The molecule has 0 saturated carbocycles. The molecule has 0 saturated heterocycles. The maximum atomic E-state index is 12.1. The van der Waals surface area contributed by atoms with Crippen molar-refractivity contribution in [1.82, 2.24) is 9.62 Å². The molecule has 0 aliphatic heterocycles. The first kappa shape index (κ1) is 15.7. The fraction of sp³-hybridized carbons (Fsp3) is 0.462. The highest BCUT2D eigenvalue weighted by Crippen LogP contribution is 2.13. The average molecular weight is 284 g/mol. The van der Waals surface area contributed by atoms with Crippen LogP contribution in [-0.2, 0) is 14.8 Å². The summed E-state index contributed by atoms with van der Waals surface area (Å²) in [4.78, 5) is 13.6. The molecule has 19 heavy (non-hydrogen) atoms. The van der Waals surface area contributed by atoms with Gasteiger partial charge in [-0.2, -0.15) is 0 Å². The molecule has 1 amide bonds. The number of carbonyl (C=O) groups excluding carboxylic acids is 1. The van der Waals surface area contributed by atoms with E-state index in [2.05, 4.69) is 4.72 Å². The number of carbonyl (C=O) groups is 1. The summed E-state index contributed by atoms with van der Waals surface area (Å²) in [7, 11) is -3.63. The zero-order valence-electron chi connectivity index (χ0n) is 11.5. The normalized spacial score (nSPS) is 11.3. The topological polar surface area (TPSA) is 66.5 Å². The number of nitrogens with zero attached hydrogens (tertiary/aromatic N) is 1. The van der Waals surface area contributed by atoms with E-state index < -0.39 is 10.0 Å². The summed E-state index contributed by atoms with van der Waals surface area (Å²) in [5.41, 5.74) is 0.658. The molecule has 1 aromatic carbocycles. The molecule has 0 bridgehead atoms. The quantitative estimate of drug-likeness (QED) is 0.852. The maximum Gasteiger partial charge on any atom is 0.241 e. The van der Waals surface area contributed by atoms with Crippen LogP contribution in [0, 0.1) is 6.92 Å². The van der Waals surface area contributed by atoms with Gasteiger partial charge in [-0.1, -0.05) is 18.2 Å². The van der Waals surface area contributed by atoms with Gasteiger partial charge in [0.25, 0.3) is 0 Å². The van der Waals surface area contributed by atoms with Gasteiger partial charge in [0.2, 0.25) is 15.9 Å².